The lowest BCUT2D eigenvalue weighted by molar-refractivity contribution is -0.899. The third kappa shape index (κ3) is 8.69. The van der Waals surface area contributed by atoms with Crippen LogP contribution >= 0.6 is 0 Å². The lowest BCUT2D eigenvalue weighted by Gasteiger charge is -2.47. The molecule has 0 radical (unpaired) electrons. The van der Waals surface area contributed by atoms with Crippen LogP contribution in [0.25, 0.3) is 11.1 Å². The third-order valence-electron chi connectivity index (χ3n) is 9.00. The topological polar surface area (TPSA) is 128 Å². The summed E-state index contributed by atoms with van der Waals surface area (Å²) in [6.45, 7) is 3.93. The summed E-state index contributed by atoms with van der Waals surface area (Å²) in [7, 11) is 1.80. The molecule has 2 saturated heterocycles. The molecule has 0 bridgehead atoms. The van der Waals surface area contributed by atoms with Crippen LogP contribution in [0.15, 0.2) is 78.9 Å². The van der Waals surface area contributed by atoms with Gasteiger partial charge in [0.2, 0.25) is 5.91 Å². The number of rotatable bonds is 10. The van der Waals surface area contributed by atoms with E-state index in [9.17, 15) is 19.6 Å². The van der Waals surface area contributed by atoms with Crippen molar-refractivity contribution in [1.82, 2.24) is 9.80 Å². The van der Waals surface area contributed by atoms with Crippen molar-refractivity contribution in [2.75, 3.05) is 51.6 Å². The van der Waals surface area contributed by atoms with Crippen LogP contribution in [0.2, 0.25) is 0 Å². The number of carbonyl (C=O) groups is 3. The number of primary amides is 1. The highest BCUT2D eigenvalue weighted by Gasteiger charge is 2.30. The Morgan fingerprint density at radius 2 is 1.58 bits per heavy atom. The molecule has 2 aliphatic heterocycles. The lowest BCUT2D eigenvalue weighted by Crippen LogP contribution is -2.49. The Bertz CT molecular complexity index is 1450. The summed E-state index contributed by atoms with van der Waals surface area (Å²) in [6.07, 6.45) is 1.89. The number of hydrogen-bond acceptors (Lipinski definition) is 6. The van der Waals surface area contributed by atoms with E-state index in [2.05, 4.69) is 10.2 Å². The third-order valence-corrected chi connectivity index (χ3v) is 9.00. The number of nitrogens with two attached hydrogens (primary N) is 1. The number of amides is 3. The number of likely N-dealkylation sites (N-methyl/N-ethyl adjacent to an activating group) is 1. The molecule has 0 atom stereocenters. The van der Waals surface area contributed by atoms with Crippen LogP contribution in [0.3, 0.4) is 0 Å². The first-order chi connectivity index (χ1) is 21.7. The second-order valence-corrected chi connectivity index (χ2v) is 12.2. The van der Waals surface area contributed by atoms with E-state index in [1.54, 1.807) is 24.1 Å². The van der Waals surface area contributed by atoms with Crippen LogP contribution in [-0.2, 0) is 16.1 Å². The molecule has 2 heterocycles. The van der Waals surface area contributed by atoms with E-state index >= 15 is 0 Å². The number of ether oxygens (including phenoxy) is 1. The minimum Gasteiger partial charge on any atom is -0.633 e. The molecule has 3 N–H and O–H groups in total. The summed E-state index contributed by atoms with van der Waals surface area (Å²) in [5, 5.41) is 16.0. The molecule has 0 aliphatic carbocycles. The Labute approximate surface area is 264 Å². The molecule has 0 spiro atoms. The molecule has 2 fully saturated rings. The highest BCUT2D eigenvalue weighted by atomic mass is 16.6. The first-order valence-electron chi connectivity index (χ1n) is 15.7. The van der Waals surface area contributed by atoms with Crippen molar-refractivity contribution < 1.29 is 23.8 Å². The molecule has 10 nitrogen and oxygen atoms in total. The van der Waals surface area contributed by atoms with E-state index in [4.69, 9.17) is 10.5 Å². The van der Waals surface area contributed by atoms with E-state index in [-0.39, 0.29) is 28.5 Å². The van der Waals surface area contributed by atoms with E-state index < -0.39 is 6.09 Å². The van der Waals surface area contributed by atoms with Crippen molar-refractivity contribution in [2.24, 2.45) is 11.7 Å². The summed E-state index contributed by atoms with van der Waals surface area (Å²) in [6, 6.07) is 24.9. The van der Waals surface area contributed by atoms with Gasteiger partial charge in [-0.3, -0.25) is 14.9 Å². The number of likely N-dealkylation sites (tertiary alicyclic amines) is 2. The molecular formula is C35H43N5O5. The van der Waals surface area contributed by atoms with Gasteiger partial charge in [-0.05, 0) is 36.6 Å². The number of hydroxylamine groups is 3. The zero-order valence-electron chi connectivity index (χ0n) is 25.9. The maximum atomic E-state index is 13.1. The van der Waals surface area contributed by atoms with Gasteiger partial charge in [0.25, 0.3) is 5.91 Å². The Balaban J connectivity index is 1.03. The summed E-state index contributed by atoms with van der Waals surface area (Å²) in [4.78, 5) is 41.2. The minimum atomic E-state index is -0.451. The fourth-order valence-corrected chi connectivity index (χ4v) is 6.18. The van der Waals surface area contributed by atoms with Crippen LogP contribution in [0, 0.1) is 11.1 Å². The number of piperidine rings is 2. The number of para-hydroxylation sites is 1. The quantitative estimate of drug-likeness (QED) is 0.249. The van der Waals surface area contributed by atoms with Gasteiger partial charge >= 0.3 is 6.09 Å². The van der Waals surface area contributed by atoms with Gasteiger partial charge in [-0.2, -0.15) is 0 Å². The second kappa shape index (κ2) is 14.7. The minimum absolute atomic E-state index is 0.0690. The summed E-state index contributed by atoms with van der Waals surface area (Å²) in [5.74, 6) is -0.602. The second-order valence-electron chi connectivity index (χ2n) is 12.2. The highest BCUT2D eigenvalue weighted by molar-refractivity contribution is 5.94. The molecule has 10 heteroatoms. The van der Waals surface area contributed by atoms with E-state index in [0.29, 0.717) is 50.3 Å². The van der Waals surface area contributed by atoms with Gasteiger partial charge in [0.05, 0.1) is 18.8 Å². The van der Waals surface area contributed by atoms with Crippen molar-refractivity contribution in [3.63, 3.8) is 0 Å². The molecule has 3 aromatic carbocycles. The van der Waals surface area contributed by atoms with Gasteiger partial charge in [0.15, 0.2) is 0 Å². The Morgan fingerprint density at radius 3 is 2.24 bits per heavy atom. The van der Waals surface area contributed by atoms with Crippen LogP contribution in [-0.4, -0.2) is 84.8 Å². The van der Waals surface area contributed by atoms with Gasteiger partial charge < -0.3 is 30.1 Å². The van der Waals surface area contributed by atoms with Crippen molar-refractivity contribution in [3.8, 4) is 11.1 Å². The molecule has 0 saturated carbocycles. The zero-order valence-corrected chi connectivity index (χ0v) is 25.9. The number of anilines is 1. The first-order valence-corrected chi connectivity index (χ1v) is 15.7. The Hall–Kier alpha value is -4.25. The molecule has 0 unspecified atom stereocenters. The van der Waals surface area contributed by atoms with E-state index in [0.717, 1.165) is 49.2 Å². The number of quaternary nitrogens is 1. The lowest BCUT2D eigenvalue weighted by atomic mass is 9.95. The van der Waals surface area contributed by atoms with Gasteiger partial charge in [-0.25, -0.2) is 4.79 Å². The summed E-state index contributed by atoms with van der Waals surface area (Å²) >= 11 is 0. The maximum absolute atomic E-state index is 13.1. The summed E-state index contributed by atoms with van der Waals surface area (Å²) in [5.41, 5.74) is 9.53. The fraction of sp³-hybridized carbons (Fsp3) is 0.400. The normalized spacial score (nSPS) is 20.7. The fourth-order valence-electron chi connectivity index (χ4n) is 6.18. The average Bonchev–Trinajstić information content (AvgIpc) is 3.05. The number of benzene rings is 3. The molecule has 3 aromatic rings. The number of nitrogens with one attached hydrogen (secondary N) is 1. The van der Waals surface area contributed by atoms with Gasteiger partial charge in [0, 0.05) is 68.7 Å². The van der Waals surface area contributed by atoms with E-state index in [1.165, 1.54) is 0 Å². The predicted molar refractivity (Wildman–Crippen MR) is 174 cm³/mol. The highest BCUT2D eigenvalue weighted by Crippen LogP contribution is 2.28. The van der Waals surface area contributed by atoms with Crippen molar-refractivity contribution >= 4 is 23.6 Å². The number of hydrogen-bond donors (Lipinski definition) is 2. The predicted octanol–water partition coefficient (Wildman–Crippen LogP) is 4.85. The van der Waals surface area contributed by atoms with Crippen LogP contribution in [0.4, 0.5) is 10.5 Å². The van der Waals surface area contributed by atoms with Crippen molar-refractivity contribution in [2.45, 2.75) is 38.3 Å². The van der Waals surface area contributed by atoms with Crippen molar-refractivity contribution in [3.05, 3.63) is 95.2 Å². The molecule has 0 aromatic heterocycles. The Morgan fingerprint density at radius 1 is 0.933 bits per heavy atom. The molecular weight excluding hydrogens is 570 g/mol. The van der Waals surface area contributed by atoms with Gasteiger partial charge in [-0.15, -0.1) is 0 Å². The molecule has 3 amide bonds. The molecule has 45 heavy (non-hydrogen) atoms. The average molecular weight is 614 g/mol. The number of nitrogens with zero attached hydrogens (tertiary/aromatic N) is 3. The SMILES string of the molecule is CN(CCN1CCC(OC(=O)Nc2ccccc2-c2ccccc2)CC1)C(=O)c1ccc(C[N+]2([O-])CCC(C(N)=O)CC2)cc1. The van der Waals surface area contributed by atoms with Crippen LogP contribution < -0.4 is 11.1 Å². The molecule has 5 rings (SSSR count). The standard InChI is InChI=1S/C35H43N5O5/c1-38(34(42)29-13-11-26(12-14-29)25-40(44)23-17-28(18-24-40)33(36)41)21-22-39-19-15-30(16-20-39)45-35(43)37-32-10-6-5-9-31(32)27-7-3-2-4-8-27/h2-14,28,30H,15-25H2,1H3,(H2,36,41)(H,37,43). The van der Waals surface area contributed by atoms with E-state index in [1.807, 2.05) is 66.7 Å². The monoisotopic (exact) mass is 613 g/mol. The summed E-state index contributed by atoms with van der Waals surface area (Å²) < 4.78 is 5.38. The maximum Gasteiger partial charge on any atom is 0.411 e. The Kier molecular flexibility index (Phi) is 10.5. The smallest absolute Gasteiger partial charge is 0.411 e. The van der Waals surface area contributed by atoms with Crippen LogP contribution in [0.1, 0.15) is 41.6 Å². The largest absolute Gasteiger partial charge is 0.633 e. The zero-order chi connectivity index (χ0) is 31.8. The van der Waals surface area contributed by atoms with Gasteiger partial charge in [-0.1, -0.05) is 60.7 Å². The number of carbonyl (C=O) groups excluding carboxylic acids is 3. The molecule has 238 valence electrons. The van der Waals surface area contributed by atoms with Crippen molar-refractivity contribution in [1.29, 1.82) is 0 Å². The van der Waals surface area contributed by atoms with Crippen LogP contribution in [0.5, 0.6) is 0 Å². The first kappa shape index (κ1) is 32.2. The molecule has 2 aliphatic rings. The van der Waals surface area contributed by atoms with Gasteiger partial charge in [0.1, 0.15) is 12.6 Å².